The highest BCUT2D eigenvalue weighted by atomic mass is 16.5. The van der Waals surface area contributed by atoms with Gasteiger partial charge in [0.25, 0.3) is 0 Å². The molecule has 0 radical (unpaired) electrons. The van der Waals surface area contributed by atoms with Gasteiger partial charge in [-0.15, -0.1) is 0 Å². The number of carbonyl (C=O) groups excluding carboxylic acids is 4. The number of likely N-dealkylation sites (tertiary alicyclic amines) is 4. The Morgan fingerprint density at radius 1 is 0.443 bits per heavy atom. The number of ether oxygens (including phenoxy) is 4. The van der Waals surface area contributed by atoms with E-state index in [0.717, 1.165) is 142 Å². The molecule has 4 saturated heterocycles. The monoisotopic (exact) mass is 1090 g/mol. The van der Waals surface area contributed by atoms with Gasteiger partial charge in [0.15, 0.2) is 17.3 Å². The van der Waals surface area contributed by atoms with Gasteiger partial charge in [0, 0.05) is 67.9 Å². The van der Waals surface area contributed by atoms with E-state index >= 15 is 0 Å². The molecule has 4 aromatic carbocycles. The fourth-order valence-electron chi connectivity index (χ4n) is 10.7. The molecule has 0 spiro atoms. The van der Waals surface area contributed by atoms with Crippen molar-refractivity contribution in [2.24, 2.45) is 17.8 Å². The van der Waals surface area contributed by atoms with Gasteiger partial charge in [-0.2, -0.15) is 0 Å². The summed E-state index contributed by atoms with van der Waals surface area (Å²) in [5.74, 6) is 6.29. The molecule has 0 aromatic heterocycles. The maximum atomic E-state index is 11.5. The van der Waals surface area contributed by atoms with Crippen LogP contribution in [0.4, 0.5) is 0 Å². The molecule has 4 aromatic rings. The van der Waals surface area contributed by atoms with Gasteiger partial charge in [-0.3, -0.25) is 19.2 Å². The Hall–Kier alpha value is -5.40. The normalized spacial score (nSPS) is 18.3. The topological polar surface area (TPSA) is 118 Å². The summed E-state index contributed by atoms with van der Waals surface area (Å²) in [6.07, 6.45) is 17.8. The Balaban J connectivity index is 0.000000194. The molecule has 4 fully saturated rings. The zero-order valence-corrected chi connectivity index (χ0v) is 49.3. The van der Waals surface area contributed by atoms with Crippen molar-refractivity contribution in [3.63, 3.8) is 0 Å². The Morgan fingerprint density at radius 2 is 0.772 bits per heavy atom. The molecule has 4 aliphatic heterocycles. The highest BCUT2D eigenvalue weighted by molar-refractivity contribution is 5.96. The van der Waals surface area contributed by atoms with E-state index in [4.69, 9.17) is 18.9 Å². The molecular weight excluding hydrogens is 989 g/mol. The third kappa shape index (κ3) is 26.6. The average Bonchev–Trinajstić information content (AvgIpc) is 3.47. The van der Waals surface area contributed by atoms with Gasteiger partial charge in [-0.05, 0) is 239 Å². The largest absolute Gasteiger partial charge is 0.494 e. The molecule has 0 bridgehead atoms. The molecule has 4 aliphatic rings. The van der Waals surface area contributed by atoms with Crippen LogP contribution in [-0.4, -0.2) is 148 Å². The van der Waals surface area contributed by atoms with Crippen LogP contribution in [0.1, 0.15) is 173 Å². The quantitative estimate of drug-likeness (QED) is 0.0357. The van der Waals surface area contributed by atoms with Gasteiger partial charge in [0.2, 0.25) is 0 Å². The second-order valence-electron chi connectivity index (χ2n) is 22.5. The molecule has 0 saturated carbocycles. The Labute approximate surface area is 475 Å². The van der Waals surface area contributed by atoms with Crippen molar-refractivity contribution in [1.29, 1.82) is 0 Å². The molecule has 79 heavy (non-hydrogen) atoms. The molecular formula is C67H98N4O8. The number of aldehydes is 1. The third-order valence-electron chi connectivity index (χ3n) is 15.3. The number of nitrogens with zero attached hydrogens (tertiary/aromatic N) is 4. The summed E-state index contributed by atoms with van der Waals surface area (Å²) in [5, 5.41) is 0. The van der Waals surface area contributed by atoms with Crippen molar-refractivity contribution < 1.29 is 38.1 Å². The summed E-state index contributed by atoms with van der Waals surface area (Å²) in [5.41, 5.74) is 2.93. The van der Waals surface area contributed by atoms with E-state index in [2.05, 4.69) is 40.4 Å². The van der Waals surface area contributed by atoms with E-state index in [1.165, 1.54) is 110 Å². The number of hydrogen-bond acceptors (Lipinski definition) is 12. The molecule has 0 amide bonds. The first-order valence-electron chi connectivity index (χ1n) is 30.2. The third-order valence-corrected chi connectivity index (χ3v) is 15.3. The molecule has 0 unspecified atom stereocenters. The van der Waals surface area contributed by atoms with Crippen molar-refractivity contribution in [2.75, 3.05) is 105 Å². The number of benzene rings is 4. The summed E-state index contributed by atoms with van der Waals surface area (Å²) in [4.78, 5) is 54.5. The van der Waals surface area contributed by atoms with Crippen molar-refractivity contribution >= 4 is 23.6 Å². The minimum atomic E-state index is 0.0925. The first-order chi connectivity index (χ1) is 38.4. The van der Waals surface area contributed by atoms with Crippen LogP contribution < -0.4 is 18.9 Å². The fourth-order valence-corrected chi connectivity index (χ4v) is 10.7. The lowest BCUT2D eigenvalue weighted by Gasteiger charge is -2.34. The number of ketones is 3. The van der Waals surface area contributed by atoms with Crippen LogP contribution in [0.25, 0.3) is 0 Å². The number of Topliss-reactive ketones (excluding diaryl/α,β-unsaturated/α-hetero) is 3. The minimum Gasteiger partial charge on any atom is -0.494 e. The Morgan fingerprint density at radius 3 is 1.11 bits per heavy atom. The predicted octanol–water partition coefficient (Wildman–Crippen LogP) is 13.3. The van der Waals surface area contributed by atoms with Crippen molar-refractivity contribution in [2.45, 2.75) is 131 Å². The van der Waals surface area contributed by atoms with Crippen LogP contribution in [0.2, 0.25) is 0 Å². The predicted molar refractivity (Wildman–Crippen MR) is 321 cm³/mol. The minimum absolute atomic E-state index is 0.0925. The van der Waals surface area contributed by atoms with E-state index in [0.29, 0.717) is 12.0 Å². The first kappa shape index (κ1) is 64.4. The molecule has 2 atom stereocenters. The second kappa shape index (κ2) is 37.5. The van der Waals surface area contributed by atoms with Crippen LogP contribution in [0, 0.1) is 17.8 Å². The zero-order chi connectivity index (χ0) is 56.5. The van der Waals surface area contributed by atoms with Crippen LogP contribution in [0.5, 0.6) is 23.0 Å². The van der Waals surface area contributed by atoms with Gasteiger partial charge >= 0.3 is 0 Å². The Bertz CT molecular complexity index is 2280. The standard InChI is InChI=1S/C18H27NO2.2C17H25NO2.C15H21NO2/c1-14-11-15(2)13-19(12-14)9-4-10-21-18-7-5-17(6-8-18)16(3)20;1-14-8-11-18(12-9-14)10-3-13-20-17-6-4-16(5-7-17)15(2)19;1-2-17(19)15-7-9-16(10-8-15)20-14-6-13-18-11-4-3-5-12-18;17-13-14-5-7-15(8-6-14)18-12-4-11-16-9-2-1-3-10-16/h5-8,14-15H,4,9-13H2,1-3H3;4-7,14H,3,8-13H2,1-2H3;7-10H,2-6,11-14H2,1H3;5-8,13H,1-4,9-12H2/t14-,15+;;;. The zero-order valence-electron chi connectivity index (χ0n) is 49.3. The first-order valence-corrected chi connectivity index (χ1v) is 30.2. The lowest BCUT2D eigenvalue weighted by Crippen LogP contribution is -2.39. The average molecular weight is 1090 g/mol. The smallest absolute Gasteiger partial charge is 0.162 e. The molecule has 12 heteroatoms. The number of piperidine rings is 4. The van der Waals surface area contributed by atoms with Crippen molar-refractivity contribution in [3.05, 3.63) is 119 Å². The van der Waals surface area contributed by atoms with Gasteiger partial charge in [-0.1, -0.05) is 40.5 Å². The summed E-state index contributed by atoms with van der Waals surface area (Å²) in [6, 6.07) is 29.6. The van der Waals surface area contributed by atoms with E-state index in [1.807, 2.05) is 91.9 Å². The maximum absolute atomic E-state index is 11.5. The van der Waals surface area contributed by atoms with Crippen molar-refractivity contribution in [1.82, 2.24) is 19.6 Å². The SMILES string of the molecule is CC(=O)c1ccc(OCCCN2CCC(C)CC2)cc1.CC(=O)c1ccc(OCCCN2C[C@H](C)C[C@H](C)C2)cc1.CCC(=O)c1ccc(OCCCN2CCCCC2)cc1.O=Cc1ccc(OCCCN2CCCCC2)cc1. The molecule has 0 N–H and O–H groups in total. The van der Waals surface area contributed by atoms with E-state index in [9.17, 15) is 19.2 Å². The summed E-state index contributed by atoms with van der Waals surface area (Å²) in [6.45, 7) is 29.4. The number of carbonyl (C=O) groups is 4. The maximum Gasteiger partial charge on any atom is 0.162 e. The van der Waals surface area contributed by atoms with Gasteiger partial charge in [-0.25, -0.2) is 0 Å². The molecule has 0 aliphatic carbocycles. The lowest BCUT2D eigenvalue weighted by molar-refractivity contribution is 0.0984. The van der Waals surface area contributed by atoms with Crippen molar-refractivity contribution in [3.8, 4) is 23.0 Å². The van der Waals surface area contributed by atoms with E-state index in [-0.39, 0.29) is 17.3 Å². The number of hydrogen-bond donors (Lipinski definition) is 0. The molecule has 434 valence electrons. The molecule has 4 heterocycles. The van der Waals surface area contributed by atoms with Gasteiger partial charge in [0.1, 0.15) is 29.3 Å². The second-order valence-corrected chi connectivity index (χ2v) is 22.5. The van der Waals surface area contributed by atoms with Gasteiger partial charge in [0.05, 0.1) is 26.4 Å². The van der Waals surface area contributed by atoms with E-state index < -0.39 is 0 Å². The highest BCUT2D eigenvalue weighted by Gasteiger charge is 2.21. The summed E-state index contributed by atoms with van der Waals surface area (Å²) < 4.78 is 22.8. The highest BCUT2D eigenvalue weighted by Crippen LogP contribution is 2.22. The summed E-state index contributed by atoms with van der Waals surface area (Å²) in [7, 11) is 0. The molecule has 12 nitrogen and oxygen atoms in total. The molecule has 8 rings (SSSR count). The van der Waals surface area contributed by atoms with Crippen LogP contribution in [-0.2, 0) is 0 Å². The Kier molecular flexibility index (Phi) is 30.6. The van der Waals surface area contributed by atoms with Crippen LogP contribution in [0.15, 0.2) is 97.1 Å². The summed E-state index contributed by atoms with van der Waals surface area (Å²) >= 11 is 0. The van der Waals surface area contributed by atoms with Gasteiger partial charge < -0.3 is 38.5 Å². The number of rotatable bonds is 25. The fraction of sp³-hybridized carbons (Fsp3) is 0.582. The van der Waals surface area contributed by atoms with Crippen LogP contribution in [0.3, 0.4) is 0 Å². The van der Waals surface area contributed by atoms with Crippen LogP contribution >= 0.6 is 0 Å². The lowest BCUT2D eigenvalue weighted by atomic mass is 9.92. The van der Waals surface area contributed by atoms with E-state index in [1.54, 1.807) is 26.0 Å².